The Kier molecular flexibility index (Phi) is 2.56. The zero-order valence-corrected chi connectivity index (χ0v) is 8.33. The molecule has 1 N–H and O–H groups in total. The first-order chi connectivity index (χ1) is 6.27. The van der Waals surface area contributed by atoms with Gasteiger partial charge in [-0.2, -0.15) is 0 Å². The van der Waals surface area contributed by atoms with Gasteiger partial charge in [-0.15, -0.1) is 11.8 Å². The van der Waals surface area contributed by atoms with Crippen LogP contribution in [0.15, 0.2) is 18.2 Å². The predicted octanol–water partition coefficient (Wildman–Crippen LogP) is 2.47. The molecule has 0 spiro atoms. The van der Waals surface area contributed by atoms with Crippen molar-refractivity contribution in [3.8, 4) is 0 Å². The summed E-state index contributed by atoms with van der Waals surface area (Å²) in [6.07, 6.45) is 0. The van der Waals surface area contributed by atoms with E-state index in [4.69, 9.17) is 0 Å². The van der Waals surface area contributed by atoms with Gasteiger partial charge in [0, 0.05) is 12.3 Å². The van der Waals surface area contributed by atoms with Gasteiger partial charge in [0.2, 0.25) is 0 Å². The molecule has 13 heavy (non-hydrogen) atoms. The van der Waals surface area contributed by atoms with Crippen LogP contribution in [0.5, 0.6) is 0 Å². The number of thioether (sulfide) groups is 1. The largest absolute Gasteiger partial charge is 0.301 e. The Bertz CT molecular complexity index is 308. The minimum atomic E-state index is -0.149. The monoisotopic (exact) mass is 197 g/mol. The number of hydrogen-bond acceptors (Lipinski definition) is 2. The molecular formula is C10H12FNS. The van der Waals surface area contributed by atoms with Gasteiger partial charge >= 0.3 is 0 Å². The maximum absolute atomic E-state index is 12.8. The quantitative estimate of drug-likeness (QED) is 0.742. The van der Waals surface area contributed by atoms with Gasteiger partial charge in [-0.3, -0.25) is 0 Å². The first-order valence-corrected chi connectivity index (χ1v) is 5.43. The van der Waals surface area contributed by atoms with Crippen LogP contribution in [0.1, 0.15) is 16.5 Å². The summed E-state index contributed by atoms with van der Waals surface area (Å²) in [7, 11) is 0. The molecule has 1 saturated heterocycles. The third-order valence-corrected chi connectivity index (χ3v) is 3.42. The van der Waals surface area contributed by atoms with E-state index in [9.17, 15) is 4.39 Å². The summed E-state index contributed by atoms with van der Waals surface area (Å²) in [5, 5.41) is 3.74. The van der Waals surface area contributed by atoms with Crippen molar-refractivity contribution in [3.63, 3.8) is 0 Å². The van der Waals surface area contributed by atoms with E-state index in [1.165, 1.54) is 11.6 Å². The van der Waals surface area contributed by atoms with Crippen LogP contribution in [0.25, 0.3) is 0 Å². The molecule has 0 aromatic heterocycles. The number of benzene rings is 1. The van der Waals surface area contributed by atoms with E-state index < -0.39 is 0 Å². The maximum atomic E-state index is 12.8. The number of rotatable bonds is 1. The molecule has 1 unspecified atom stereocenters. The summed E-state index contributed by atoms with van der Waals surface area (Å²) in [6.45, 7) is 3.01. The maximum Gasteiger partial charge on any atom is 0.123 e. The van der Waals surface area contributed by atoms with Gasteiger partial charge < -0.3 is 5.32 Å². The van der Waals surface area contributed by atoms with Crippen LogP contribution in [0.4, 0.5) is 4.39 Å². The van der Waals surface area contributed by atoms with E-state index in [2.05, 4.69) is 5.32 Å². The lowest BCUT2D eigenvalue weighted by atomic mass is 10.1. The van der Waals surface area contributed by atoms with Crippen molar-refractivity contribution in [2.75, 3.05) is 12.3 Å². The fourth-order valence-electron chi connectivity index (χ4n) is 1.56. The van der Waals surface area contributed by atoms with Crippen LogP contribution < -0.4 is 5.32 Å². The Hall–Kier alpha value is -0.540. The molecule has 1 atom stereocenters. The highest BCUT2D eigenvalue weighted by Gasteiger charge is 2.18. The highest BCUT2D eigenvalue weighted by atomic mass is 32.2. The number of hydrogen-bond donors (Lipinski definition) is 1. The first-order valence-electron chi connectivity index (χ1n) is 4.38. The lowest BCUT2D eigenvalue weighted by molar-refractivity contribution is 0.624. The van der Waals surface area contributed by atoms with Gasteiger partial charge in [0.15, 0.2) is 0 Å². The molecule has 1 aromatic carbocycles. The zero-order chi connectivity index (χ0) is 9.26. The summed E-state index contributed by atoms with van der Waals surface area (Å²) in [5.74, 6) is 0.992. The third kappa shape index (κ3) is 1.86. The first kappa shape index (κ1) is 9.03. The molecule has 1 fully saturated rings. The fraction of sp³-hybridized carbons (Fsp3) is 0.400. The van der Waals surface area contributed by atoms with Gasteiger partial charge in [0.25, 0.3) is 0 Å². The molecule has 2 rings (SSSR count). The van der Waals surface area contributed by atoms with Crippen LogP contribution in [-0.2, 0) is 0 Å². The molecule has 1 nitrogen and oxygen atoms in total. The van der Waals surface area contributed by atoms with Crippen LogP contribution in [-0.4, -0.2) is 12.3 Å². The molecule has 1 aromatic rings. The van der Waals surface area contributed by atoms with Crippen molar-refractivity contribution >= 4 is 11.8 Å². The Balaban J connectivity index is 2.29. The van der Waals surface area contributed by atoms with Crippen molar-refractivity contribution < 1.29 is 4.39 Å². The molecule has 0 radical (unpaired) electrons. The second-order valence-corrected chi connectivity index (χ2v) is 4.42. The molecule has 0 aliphatic carbocycles. The number of nitrogens with one attached hydrogen (secondary N) is 1. The zero-order valence-electron chi connectivity index (χ0n) is 7.51. The topological polar surface area (TPSA) is 12.0 Å². The average molecular weight is 197 g/mol. The minimum absolute atomic E-state index is 0.149. The van der Waals surface area contributed by atoms with E-state index in [-0.39, 0.29) is 5.82 Å². The summed E-state index contributed by atoms with van der Waals surface area (Å²) in [6, 6.07) is 5.00. The summed E-state index contributed by atoms with van der Waals surface area (Å²) < 4.78 is 12.8. The van der Waals surface area contributed by atoms with E-state index in [0.717, 1.165) is 17.9 Å². The van der Waals surface area contributed by atoms with E-state index in [1.807, 2.05) is 24.8 Å². The van der Waals surface area contributed by atoms with Gasteiger partial charge in [0.05, 0.1) is 5.37 Å². The second-order valence-electron chi connectivity index (χ2n) is 3.21. The smallest absolute Gasteiger partial charge is 0.123 e. The average Bonchev–Trinajstić information content (AvgIpc) is 2.56. The SMILES string of the molecule is Cc1cc(F)ccc1C1NCCS1. The predicted molar refractivity (Wildman–Crippen MR) is 54.3 cm³/mol. The van der Waals surface area contributed by atoms with Crippen molar-refractivity contribution in [1.29, 1.82) is 0 Å². The van der Waals surface area contributed by atoms with Crippen LogP contribution in [0.2, 0.25) is 0 Å². The van der Waals surface area contributed by atoms with Crippen LogP contribution in [0.3, 0.4) is 0 Å². The van der Waals surface area contributed by atoms with Crippen molar-refractivity contribution in [2.45, 2.75) is 12.3 Å². The van der Waals surface area contributed by atoms with Crippen molar-refractivity contribution in [2.24, 2.45) is 0 Å². The third-order valence-electron chi connectivity index (χ3n) is 2.23. The molecular weight excluding hydrogens is 185 g/mol. The lowest BCUT2D eigenvalue weighted by Crippen LogP contribution is -2.13. The van der Waals surface area contributed by atoms with Gasteiger partial charge in [-0.05, 0) is 30.2 Å². The molecule has 1 aliphatic heterocycles. The summed E-state index contributed by atoms with van der Waals surface area (Å²) in [4.78, 5) is 0. The molecule has 1 heterocycles. The molecule has 0 amide bonds. The Morgan fingerprint density at radius 2 is 2.38 bits per heavy atom. The molecule has 70 valence electrons. The molecule has 3 heteroatoms. The highest BCUT2D eigenvalue weighted by molar-refractivity contribution is 7.99. The fourth-order valence-corrected chi connectivity index (χ4v) is 2.71. The van der Waals surface area contributed by atoms with E-state index in [1.54, 1.807) is 6.07 Å². The van der Waals surface area contributed by atoms with Crippen molar-refractivity contribution in [3.05, 3.63) is 35.1 Å². The normalized spacial score (nSPS) is 22.2. The summed E-state index contributed by atoms with van der Waals surface area (Å²) in [5.41, 5.74) is 2.25. The molecule has 1 aliphatic rings. The minimum Gasteiger partial charge on any atom is -0.301 e. The Morgan fingerprint density at radius 1 is 1.54 bits per heavy atom. The van der Waals surface area contributed by atoms with Crippen LogP contribution in [0, 0.1) is 12.7 Å². The second kappa shape index (κ2) is 3.68. The number of aryl methyl sites for hydroxylation is 1. The van der Waals surface area contributed by atoms with Crippen molar-refractivity contribution in [1.82, 2.24) is 5.32 Å². The molecule has 0 bridgehead atoms. The van der Waals surface area contributed by atoms with E-state index >= 15 is 0 Å². The lowest BCUT2D eigenvalue weighted by Gasteiger charge is -2.12. The van der Waals surface area contributed by atoms with Crippen LogP contribution >= 0.6 is 11.8 Å². The summed E-state index contributed by atoms with van der Waals surface area (Å²) >= 11 is 1.88. The Labute approximate surface area is 81.7 Å². The number of halogens is 1. The standard InChI is InChI=1S/C10H12FNS/c1-7-6-8(11)2-3-9(7)10-12-4-5-13-10/h2-3,6,10,12H,4-5H2,1H3. The van der Waals surface area contributed by atoms with Gasteiger partial charge in [0.1, 0.15) is 5.82 Å². The highest BCUT2D eigenvalue weighted by Crippen LogP contribution is 2.31. The van der Waals surface area contributed by atoms with E-state index in [0.29, 0.717) is 5.37 Å². The van der Waals surface area contributed by atoms with Gasteiger partial charge in [-0.25, -0.2) is 4.39 Å². The Morgan fingerprint density at radius 3 is 3.00 bits per heavy atom. The molecule has 0 saturated carbocycles. The van der Waals surface area contributed by atoms with Gasteiger partial charge in [-0.1, -0.05) is 6.07 Å².